The Morgan fingerprint density at radius 2 is 2.18 bits per heavy atom. The fourth-order valence-corrected chi connectivity index (χ4v) is 2.53. The zero-order chi connectivity index (χ0) is 15.7. The van der Waals surface area contributed by atoms with Crippen LogP contribution in [0.15, 0.2) is 21.9 Å². The zero-order valence-corrected chi connectivity index (χ0v) is 12.1. The number of fused-ring (bicyclic) bond motifs is 1. The van der Waals surface area contributed by atoms with Crippen LogP contribution >= 0.6 is 0 Å². The molecule has 0 bridgehead atoms. The quantitative estimate of drug-likeness (QED) is 0.762. The van der Waals surface area contributed by atoms with Gasteiger partial charge in [-0.1, -0.05) is 0 Å². The second-order valence-electron chi connectivity index (χ2n) is 5.28. The first kappa shape index (κ1) is 14.5. The van der Waals surface area contributed by atoms with E-state index in [1.54, 1.807) is 4.90 Å². The third kappa shape index (κ3) is 2.64. The smallest absolute Gasteiger partial charge is 0.327 e. The van der Waals surface area contributed by atoms with Gasteiger partial charge in [-0.25, -0.2) is 9.78 Å². The predicted octanol–water partition coefficient (Wildman–Crippen LogP) is -0.138. The van der Waals surface area contributed by atoms with E-state index in [1.807, 2.05) is 6.92 Å². The van der Waals surface area contributed by atoms with Gasteiger partial charge >= 0.3 is 5.69 Å². The molecule has 1 saturated heterocycles. The maximum atomic E-state index is 12.6. The third-order valence-corrected chi connectivity index (χ3v) is 3.79. The molecule has 22 heavy (non-hydrogen) atoms. The van der Waals surface area contributed by atoms with Crippen LogP contribution in [-0.2, 0) is 4.74 Å². The molecule has 0 aromatic carbocycles. The molecule has 0 aliphatic carbocycles. The van der Waals surface area contributed by atoms with Crippen molar-refractivity contribution < 1.29 is 9.53 Å². The number of aromatic nitrogens is 3. The molecule has 1 aliphatic rings. The van der Waals surface area contributed by atoms with Crippen LogP contribution in [0, 0.1) is 0 Å². The molecule has 3 rings (SSSR count). The Hall–Kier alpha value is -2.48. The molecule has 2 aromatic rings. The number of nitrogens with zero attached hydrogens (tertiary/aromatic N) is 2. The molecule has 8 nitrogen and oxygen atoms in total. The van der Waals surface area contributed by atoms with E-state index in [0.29, 0.717) is 25.3 Å². The lowest BCUT2D eigenvalue weighted by molar-refractivity contribution is 0.0687. The monoisotopic (exact) mass is 304 g/mol. The molecule has 1 aliphatic heterocycles. The number of H-pyrrole nitrogens is 2. The number of hydrogen-bond acceptors (Lipinski definition) is 5. The van der Waals surface area contributed by atoms with E-state index in [9.17, 15) is 14.4 Å². The number of pyridine rings is 1. The van der Waals surface area contributed by atoms with E-state index >= 15 is 0 Å². The summed E-state index contributed by atoms with van der Waals surface area (Å²) in [5, 5.41) is 0.184. The summed E-state index contributed by atoms with van der Waals surface area (Å²) >= 11 is 0. The van der Waals surface area contributed by atoms with Crippen molar-refractivity contribution >= 4 is 16.9 Å². The number of carbonyl (C=O) groups excluding carboxylic acids is 1. The minimum atomic E-state index is -0.623. The molecule has 1 fully saturated rings. The Balaban J connectivity index is 2.00. The van der Waals surface area contributed by atoms with Crippen molar-refractivity contribution in [2.45, 2.75) is 19.4 Å². The molecule has 116 valence electrons. The first-order valence-electron chi connectivity index (χ1n) is 7.07. The molecule has 2 aromatic heterocycles. The van der Waals surface area contributed by atoms with Crippen LogP contribution in [0.1, 0.15) is 23.7 Å². The summed E-state index contributed by atoms with van der Waals surface area (Å²) in [6.45, 7) is 3.58. The van der Waals surface area contributed by atoms with Crippen molar-refractivity contribution in [3.8, 4) is 0 Å². The highest BCUT2D eigenvalue weighted by Crippen LogP contribution is 2.14. The Morgan fingerprint density at radius 3 is 3.00 bits per heavy atom. The van der Waals surface area contributed by atoms with Gasteiger partial charge in [0.2, 0.25) is 0 Å². The second-order valence-corrected chi connectivity index (χ2v) is 5.28. The van der Waals surface area contributed by atoms with Crippen molar-refractivity contribution in [2.24, 2.45) is 0 Å². The predicted molar refractivity (Wildman–Crippen MR) is 78.9 cm³/mol. The van der Waals surface area contributed by atoms with Gasteiger partial charge < -0.3 is 9.64 Å². The topological polar surface area (TPSA) is 108 Å². The summed E-state index contributed by atoms with van der Waals surface area (Å²) < 4.78 is 5.38. The summed E-state index contributed by atoms with van der Waals surface area (Å²) in [6.07, 6.45) is 2.14. The van der Waals surface area contributed by atoms with E-state index in [2.05, 4.69) is 15.0 Å². The number of carbonyl (C=O) groups is 1. The van der Waals surface area contributed by atoms with Crippen molar-refractivity contribution in [3.63, 3.8) is 0 Å². The van der Waals surface area contributed by atoms with Crippen LogP contribution in [0.25, 0.3) is 11.0 Å². The van der Waals surface area contributed by atoms with Gasteiger partial charge in [0.25, 0.3) is 11.5 Å². The summed E-state index contributed by atoms with van der Waals surface area (Å²) in [6, 6.07) is 1.51. The largest absolute Gasteiger partial charge is 0.380 e. The molecule has 2 N–H and O–H groups in total. The standard InChI is InChI=1S/C14H16N4O4/c1-8-2-4-22-5-3-18(8)13(20)9-6-10-11(15-7-9)16-14(21)17-12(10)19/h6-8H,2-5H2,1H3,(H2,15,16,17,19,21). The lowest BCUT2D eigenvalue weighted by atomic mass is 10.1. The Bertz CT molecular complexity index is 825. The maximum Gasteiger partial charge on any atom is 0.327 e. The summed E-state index contributed by atoms with van der Waals surface area (Å²) in [7, 11) is 0. The third-order valence-electron chi connectivity index (χ3n) is 3.79. The highest BCUT2D eigenvalue weighted by molar-refractivity contribution is 5.96. The molecule has 0 radical (unpaired) electrons. The van der Waals surface area contributed by atoms with Gasteiger partial charge in [0, 0.05) is 25.4 Å². The van der Waals surface area contributed by atoms with Crippen LogP contribution in [0.2, 0.25) is 0 Å². The van der Waals surface area contributed by atoms with E-state index in [0.717, 1.165) is 6.42 Å². The highest BCUT2D eigenvalue weighted by atomic mass is 16.5. The number of ether oxygens (including phenoxy) is 1. The van der Waals surface area contributed by atoms with Gasteiger partial charge in [-0.15, -0.1) is 0 Å². The Morgan fingerprint density at radius 1 is 1.36 bits per heavy atom. The minimum absolute atomic E-state index is 0.0551. The van der Waals surface area contributed by atoms with Gasteiger partial charge in [-0.3, -0.25) is 19.6 Å². The first-order valence-corrected chi connectivity index (χ1v) is 7.07. The van der Waals surface area contributed by atoms with Gasteiger partial charge in [-0.2, -0.15) is 0 Å². The second kappa shape index (κ2) is 5.72. The highest BCUT2D eigenvalue weighted by Gasteiger charge is 2.24. The van der Waals surface area contributed by atoms with Gasteiger partial charge in [0.05, 0.1) is 17.6 Å². The van der Waals surface area contributed by atoms with Crippen molar-refractivity contribution in [3.05, 3.63) is 38.7 Å². The Kier molecular flexibility index (Phi) is 3.76. The molecule has 0 spiro atoms. The number of rotatable bonds is 1. The summed E-state index contributed by atoms with van der Waals surface area (Å²) in [4.78, 5) is 45.9. The van der Waals surface area contributed by atoms with Gasteiger partial charge in [0.1, 0.15) is 5.65 Å². The van der Waals surface area contributed by atoms with Crippen LogP contribution in [0.3, 0.4) is 0 Å². The van der Waals surface area contributed by atoms with E-state index < -0.39 is 11.2 Å². The maximum absolute atomic E-state index is 12.6. The average molecular weight is 304 g/mol. The van der Waals surface area contributed by atoms with Gasteiger partial charge in [0.15, 0.2) is 0 Å². The van der Waals surface area contributed by atoms with Crippen LogP contribution in [0.4, 0.5) is 0 Å². The van der Waals surface area contributed by atoms with Crippen molar-refractivity contribution in [2.75, 3.05) is 19.8 Å². The molecular weight excluding hydrogens is 288 g/mol. The number of amides is 1. The van der Waals surface area contributed by atoms with E-state index in [1.165, 1.54) is 12.3 Å². The first-order chi connectivity index (χ1) is 10.6. The molecular formula is C14H16N4O4. The molecule has 1 atom stereocenters. The van der Waals surface area contributed by atoms with Crippen LogP contribution < -0.4 is 11.2 Å². The normalized spacial score (nSPS) is 19.1. The minimum Gasteiger partial charge on any atom is -0.380 e. The number of hydrogen-bond donors (Lipinski definition) is 2. The Labute approximate surface area is 125 Å². The van der Waals surface area contributed by atoms with E-state index in [4.69, 9.17) is 4.74 Å². The summed E-state index contributed by atoms with van der Waals surface area (Å²) in [5.41, 5.74) is -0.702. The molecule has 1 amide bonds. The van der Waals surface area contributed by atoms with Gasteiger partial charge in [-0.05, 0) is 19.4 Å². The fourth-order valence-electron chi connectivity index (χ4n) is 2.53. The molecule has 3 heterocycles. The zero-order valence-electron chi connectivity index (χ0n) is 12.1. The lowest BCUT2D eigenvalue weighted by Gasteiger charge is -2.26. The lowest BCUT2D eigenvalue weighted by Crippen LogP contribution is -2.39. The molecule has 0 saturated carbocycles. The van der Waals surface area contributed by atoms with Crippen LogP contribution in [0.5, 0.6) is 0 Å². The number of aromatic amines is 2. The van der Waals surface area contributed by atoms with Crippen molar-refractivity contribution in [1.29, 1.82) is 0 Å². The number of nitrogens with one attached hydrogen (secondary N) is 2. The molecule has 8 heteroatoms. The van der Waals surface area contributed by atoms with E-state index in [-0.39, 0.29) is 23.0 Å². The SMILES string of the molecule is CC1CCOCCN1C(=O)c1cnc2[nH]c(=O)[nH]c(=O)c2c1. The average Bonchev–Trinajstić information content (AvgIpc) is 2.70. The molecule has 1 unspecified atom stereocenters. The fraction of sp³-hybridized carbons (Fsp3) is 0.429. The summed E-state index contributed by atoms with van der Waals surface area (Å²) in [5.74, 6) is -0.196. The van der Waals surface area contributed by atoms with Crippen LogP contribution in [-0.4, -0.2) is 51.6 Å². The van der Waals surface area contributed by atoms with Crippen molar-refractivity contribution in [1.82, 2.24) is 19.9 Å².